The molecule has 2 heterocycles. The second-order valence-electron chi connectivity index (χ2n) is 7.23. The van der Waals surface area contributed by atoms with E-state index in [1.54, 1.807) is 12.5 Å². The van der Waals surface area contributed by atoms with Gasteiger partial charge in [-0.3, -0.25) is 9.47 Å². The van der Waals surface area contributed by atoms with Crippen molar-refractivity contribution >= 4 is 22.0 Å². The molecule has 4 rings (SSSR count). The quantitative estimate of drug-likeness (QED) is 0.577. The van der Waals surface area contributed by atoms with Gasteiger partial charge in [0.05, 0.1) is 0 Å². The first-order chi connectivity index (χ1) is 14.1. The van der Waals surface area contributed by atoms with E-state index in [1.165, 1.54) is 10.1 Å². The summed E-state index contributed by atoms with van der Waals surface area (Å²) in [6, 6.07) is 18.1. The number of piperazine rings is 1. The Kier molecular flexibility index (Phi) is 5.97. The highest BCUT2D eigenvalue weighted by atomic mass is 79.9. The molecule has 1 amide bonds. The first-order valence-corrected chi connectivity index (χ1v) is 10.4. The maximum Gasteiger partial charge on any atom is 0.329 e. The fourth-order valence-corrected chi connectivity index (χ4v) is 3.91. The van der Waals surface area contributed by atoms with Gasteiger partial charge in [0.2, 0.25) is 0 Å². The van der Waals surface area contributed by atoms with Crippen molar-refractivity contribution in [1.29, 1.82) is 0 Å². The van der Waals surface area contributed by atoms with Crippen LogP contribution < -0.4 is 4.74 Å². The molecule has 0 spiro atoms. The second kappa shape index (κ2) is 8.80. The molecule has 29 heavy (non-hydrogen) atoms. The summed E-state index contributed by atoms with van der Waals surface area (Å²) in [5.74, 6) is 1.66. The van der Waals surface area contributed by atoms with Crippen LogP contribution in [0.4, 0.5) is 4.79 Å². The number of hydrogen-bond donors (Lipinski definition) is 0. The van der Waals surface area contributed by atoms with Crippen LogP contribution in [0.15, 0.2) is 71.7 Å². The minimum atomic E-state index is -0.0337. The second-order valence-corrected chi connectivity index (χ2v) is 8.04. The number of halogens is 1. The van der Waals surface area contributed by atoms with Crippen LogP contribution in [-0.2, 0) is 6.54 Å². The van der Waals surface area contributed by atoms with Gasteiger partial charge in [0.25, 0.3) is 0 Å². The van der Waals surface area contributed by atoms with Gasteiger partial charge in [-0.1, -0.05) is 30.3 Å². The third kappa shape index (κ3) is 4.86. The molecule has 1 atom stereocenters. The molecular formula is C22H23BrN4O2. The first-order valence-electron chi connectivity index (χ1n) is 9.63. The average molecular weight is 455 g/mol. The highest BCUT2D eigenvalue weighted by Crippen LogP contribution is 2.23. The van der Waals surface area contributed by atoms with Gasteiger partial charge in [0.15, 0.2) is 0 Å². The Morgan fingerprint density at radius 2 is 1.93 bits per heavy atom. The third-order valence-corrected chi connectivity index (χ3v) is 5.42. The lowest BCUT2D eigenvalue weighted by Crippen LogP contribution is -2.54. The van der Waals surface area contributed by atoms with Crippen molar-refractivity contribution in [2.75, 3.05) is 19.6 Å². The molecule has 1 aliphatic rings. The zero-order valence-electron chi connectivity index (χ0n) is 16.2. The van der Waals surface area contributed by atoms with E-state index < -0.39 is 0 Å². The topological polar surface area (TPSA) is 50.6 Å². The normalized spacial score (nSPS) is 17.3. The number of rotatable bonds is 4. The molecule has 0 aliphatic carbocycles. The number of aromatic nitrogens is 2. The van der Waals surface area contributed by atoms with Crippen molar-refractivity contribution in [2.24, 2.45) is 0 Å². The van der Waals surface area contributed by atoms with Crippen LogP contribution in [0.2, 0.25) is 0 Å². The maximum atomic E-state index is 12.7. The summed E-state index contributed by atoms with van der Waals surface area (Å²) in [6.45, 7) is 5.26. The number of amides is 1. The van der Waals surface area contributed by atoms with E-state index in [9.17, 15) is 4.79 Å². The van der Waals surface area contributed by atoms with Crippen LogP contribution in [-0.4, -0.2) is 51.1 Å². The Hall–Kier alpha value is -2.64. The van der Waals surface area contributed by atoms with Crippen LogP contribution in [0.5, 0.6) is 11.5 Å². The van der Waals surface area contributed by atoms with Gasteiger partial charge >= 0.3 is 6.03 Å². The van der Waals surface area contributed by atoms with Crippen molar-refractivity contribution in [3.05, 3.63) is 77.3 Å². The summed E-state index contributed by atoms with van der Waals surface area (Å²) in [4.78, 5) is 21.1. The first kappa shape index (κ1) is 19.7. The van der Waals surface area contributed by atoms with Gasteiger partial charge in [-0.15, -0.1) is 0 Å². The number of carbonyl (C=O) groups excluding carboxylic acids is 1. The lowest BCUT2D eigenvalue weighted by Gasteiger charge is -2.39. The highest BCUT2D eigenvalue weighted by molar-refractivity contribution is 9.10. The van der Waals surface area contributed by atoms with E-state index in [-0.39, 0.29) is 12.1 Å². The van der Waals surface area contributed by atoms with E-state index in [4.69, 9.17) is 4.74 Å². The van der Waals surface area contributed by atoms with Crippen molar-refractivity contribution < 1.29 is 9.53 Å². The summed E-state index contributed by atoms with van der Waals surface area (Å²) in [7, 11) is 0. The number of carbonyl (C=O) groups is 1. The molecule has 0 N–H and O–H groups in total. The molecule has 1 saturated heterocycles. The van der Waals surface area contributed by atoms with Crippen LogP contribution in [0, 0.1) is 0 Å². The number of nitrogens with zero attached hydrogens (tertiary/aromatic N) is 4. The lowest BCUT2D eigenvalue weighted by atomic mass is 10.1. The van der Waals surface area contributed by atoms with E-state index >= 15 is 0 Å². The molecule has 0 unspecified atom stereocenters. The molecular weight excluding hydrogens is 432 g/mol. The molecule has 2 aromatic carbocycles. The number of benzene rings is 2. The molecule has 1 aliphatic heterocycles. The minimum Gasteiger partial charge on any atom is -0.457 e. The molecule has 3 aromatic rings. The summed E-state index contributed by atoms with van der Waals surface area (Å²) in [5, 5.41) is 0. The Morgan fingerprint density at radius 1 is 1.14 bits per heavy atom. The fraction of sp³-hybridized carbons (Fsp3) is 0.273. The van der Waals surface area contributed by atoms with Gasteiger partial charge in [0, 0.05) is 38.4 Å². The van der Waals surface area contributed by atoms with E-state index in [1.807, 2.05) is 47.4 Å². The molecule has 7 heteroatoms. The summed E-state index contributed by atoms with van der Waals surface area (Å²) in [6.07, 6.45) is 3.24. The predicted molar refractivity (Wildman–Crippen MR) is 115 cm³/mol. The van der Waals surface area contributed by atoms with Crippen LogP contribution in [0.3, 0.4) is 0 Å². The predicted octanol–water partition coefficient (Wildman–Crippen LogP) is 4.61. The van der Waals surface area contributed by atoms with Gasteiger partial charge in [-0.2, -0.15) is 0 Å². The largest absolute Gasteiger partial charge is 0.457 e. The Morgan fingerprint density at radius 3 is 2.66 bits per heavy atom. The van der Waals surface area contributed by atoms with Crippen LogP contribution in [0.1, 0.15) is 12.5 Å². The third-order valence-electron chi connectivity index (χ3n) is 5.01. The number of hydrogen-bond acceptors (Lipinski definition) is 4. The number of imidazole rings is 1. The molecule has 0 saturated carbocycles. The molecule has 1 fully saturated rings. The smallest absolute Gasteiger partial charge is 0.329 e. The fourth-order valence-electron chi connectivity index (χ4n) is 3.60. The minimum absolute atomic E-state index is 0.0337. The SMILES string of the molecule is C[C@H]1CN(Cc2cccc(Oc3ccccc3)c2)CCN1C(=O)n1cnc(Br)c1. The van der Waals surface area contributed by atoms with Gasteiger partial charge in [-0.05, 0) is 52.7 Å². The van der Waals surface area contributed by atoms with Crippen molar-refractivity contribution in [2.45, 2.75) is 19.5 Å². The van der Waals surface area contributed by atoms with Crippen molar-refractivity contribution in [1.82, 2.24) is 19.4 Å². The van der Waals surface area contributed by atoms with Crippen LogP contribution >= 0.6 is 15.9 Å². The van der Waals surface area contributed by atoms with Gasteiger partial charge in [0.1, 0.15) is 22.4 Å². The summed E-state index contributed by atoms with van der Waals surface area (Å²) < 4.78 is 8.14. The van der Waals surface area contributed by atoms with E-state index in [0.717, 1.165) is 31.1 Å². The molecule has 0 bridgehead atoms. The molecule has 0 radical (unpaired) electrons. The van der Waals surface area contributed by atoms with E-state index in [2.05, 4.69) is 44.9 Å². The number of ether oxygens (including phenoxy) is 1. The Balaban J connectivity index is 1.36. The monoisotopic (exact) mass is 454 g/mol. The zero-order valence-corrected chi connectivity index (χ0v) is 17.8. The summed E-state index contributed by atoms with van der Waals surface area (Å²) in [5.41, 5.74) is 1.20. The zero-order chi connectivity index (χ0) is 20.2. The van der Waals surface area contributed by atoms with Crippen molar-refractivity contribution in [3.8, 4) is 11.5 Å². The van der Waals surface area contributed by atoms with Crippen molar-refractivity contribution in [3.63, 3.8) is 0 Å². The molecule has 150 valence electrons. The standard InChI is InChI=1S/C22H23BrN4O2/c1-17-13-25(10-11-27(17)22(28)26-15-21(23)24-16-26)14-18-6-5-9-20(12-18)29-19-7-3-2-4-8-19/h2-9,12,15-17H,10-11,13-14H2,1H3/t17-/m0/s1. The maximum absolute atomic E-state index is 12.7. The van der Waals surface area contributed by atoms with Gasteiger partial charge < -0.3 is 9.64 Å². The Bertz CT molecular complexity index is 976. The van der Waals surface area contributed by atoms with E-state index in [0.29, 0.717) is 11.1 Å². The lowest BCUT2D eigenvalue weighted by molar-refractivity contribution is 0.0981. The van der Waals surface area contributed by atoms with Gasteiger partial charge in [-0.25, -0.2) is 9.78 Å². The molecule has 1 aromatic heterocycles. The Labute approximate surface area is 178 Å². The molecule has 6 nitrogen and oxygen atoms in total. The average Bonchev–Trinajstić information content (AvgIpc) is 3.15. The van der Waals surface area contributed by atoms with Crippen LogP contribution in [0.25, 0.3) is 0 Å². The number of para-hydroxylation sites is 1. The highest BCUT2D eigenvalue weighted by Gasteiger charge is 2.28. The summed E-state index contributed by atoms with van der Waals surface area (Å²) >= 11 is 3.29.